The fourth-order valence-corrected chi connectivity index (χ4v) is 3.53. The maximum atomic E-state index is 12.2. The average molecular weight is 422 g/mol. The molecule has 3 rings (SSSR count). The van der Waals surface area contributed by atoms with Crippen molar-refractivity contribution in [2.45, 2.75) is 13.3 Å². The van der Waals surface area contributed by atoms with Crippen molar-refractivity contribution in [3.63, 3.8) is 0 Å². The molecule has 0 saturated carbocycles. The third-order valence-electron chi connectivity index (χ3n) is 4.32. The van der Waals surface area contributed by atoms with Gasteiger partial charge in [-0.1, -0.05) is 42.5 Å². The van der Waals surface area contributed by atoms with Gasteiger partial charge in [0.15, 0.2) is 5.13 Å². The zero-order valence-corrected chi connectivity index (χ0v) is 17.7. The maximum Gasteiger partial charge on any atom is 0.250 e. The quantitative estimate of drug-likeness (QED) is 0.536. The van der Waals surface area contributed by atoms with Crippen molar-refractivity contribution in [2.75, 3.05) is 19.0 Å². The number of amides is 2. The highest BCUT2D eigenvalue weighted by Crippen LogP contribution is 2.25. The number of para-hydroxylation sites is 1. The molecule has 0 aliphatic carbocycles. The largest absolute Gasteiger partial charge is 0.496 e. The molecular formula is C23H23N3O3S. The number of nitrogens with one attached hydrogen (secondary N) is 2. The van der Waals surface area contributed by atoms with E-state index < -0.39 is 0 Å². The Balaban J connectivity index is 1.58. The van der Waals surface area contributed by atoms with Crippen LogP contribution in [-0.4, -0.2) is 30.5 Å². The van der Waals surface area contributed by atoms with E-state index in [1.165, 1.54) is 24.3 Å². The Morgan fingerprint density at radius 2 is 1.90 bits per heavy atom. The third kappa shape index (κ3) is 6.02. The third-order valence-corrected chi connectivity index (χ3v) is 5.08. The fourth-order valence-electron chi connectivity index (χ4n) is 2.81. The molecule has 3 aromatic rings. The molecule has 1 aromatic heterocycles. The molecule has 0 bridgehead atoms. The Morgan fingerprint density at radius 1 is 1.13 bits per heavy atom. The number of nitrogens with zero attached hydrogens (tertiary/aromatic N) is 1. The molecule has 0 atom stereocenters. The lowest BCUT2D eigenvalue weighted by molar-refractivity contribution is -0.119. The SMILES string of the molecule is COc1ccccc1C=CC(=O)Nc1nc(-c2ccc(CCNC(C)=O)cc2)cs1. The van der Waals surface area contributed by atoms with E-state index >= 15 is 0 Å². The van der Waals surface area contributed by atoms with Crippen LogP contribution in [0.3, 0.4) is 0 Å². The molecule has 2 amide bonds. The Morgan fingerprint density at radius 3 is 2.63 bits per heavy atom. The summed E-state index contributed by atoms with van der Waals surface area (Å²) in [5.74, 6) is 0.426. The molecule has 1 heterocycles. The van der Waals surface area contributed by atoms with Gasteiger partial charge in [0.25, 0.3) is 0 Å². The summed E-state index contributed by atoms with van der Waals surface area (Å²) in [5, 5.41) is 8.02. The number of rotatable bonds is 8. The summed E-state index contributed by atoms with van der Waals surface area (Å²) in [6.45, 7) is 2.12. The zero-order valence-electron chi connectivity index (χ0n) is 16.8. The molecule has 0 aliphatic rings. The van der Waals surface area contributed by atoms with Crippen LogP contribution in [-0.2, 0) is 16.0 Å². The van der Waals surface area contributed by atoms with Crippen molar-refractivity contribution in [3.8, 4) is 17.0 Å². The van der Waals surface area contributed by atoms with Crippen LogP contribution in [0.1, 0.15) is 18.1 Å². The van der Waals surface area contributed by atoms with Crippen molar-refractivity contribution in [2.24, 2.45) is 0 Å². The number of aromatic nitrogens is 1. The first kappa shape index (κ1) is 21.3. The van der Waals surface area contributed by atoms with Crippen molar-refractivity contribution < 1.29 is 14.3 Å². The number of benzene rings is 2. The summed E-state index contributed by atoms with van der Waals surface area (Å²) in [5.41, 5.74) is 3.74. The average Bonchev–Trinajstić information content (AvgIpc) is 3.21. The molecule has 2 N–H and O–H groups in total. The van der Waals surface area contributed by atoms with Gasteiger partial charge in [-0.3, -0.25) is 14.9 Å². The van der Waals surface area contributed by atoms with Crippen LogP contribution in [0.2, 0.25) is 0 Å². The maximum absolute atomic E-state index is 12.2. The minimum atomic E-state index is -0.255. The molecule has 6 nitrogen and oxygen atoms in total. The van der Waals surface area contributed by atoms with Gasteiger partial charge < -0.3 is 10.1 Å². The molecule has 0 spiro atoms. The van der Waals surface area contributed by atoms with E-state index in [2.05, 4.69) is 15.6 Å². The number of hydrogen-bond donors (Lipinski definition) is 2. The summed E-state index contributed by atoms with van der Waals surface area (Å²) in [6.07, 6.45) is 3.95. The smallest absolute Gasteiger partial charge is 0.250 e. The summed E-state index contributed by atoms with van der Waals surface area (Å²) >= 11 is 1.37. The molecule has 0 fully saturated rings. The lowest BCUT2D eigenvalue weighted by atomic mass is 10.1. The molecule has 7 heteroatoms. The van der Waals surface area contributed by atoms with Crippen LogP contribution in [0.5, 0.6) is 5.75 Å². The van der Waals surface area contributed by atoms with Gasteiger partial charge in [-0.25, -0.2) is 4.98 Å². The van der Waals surface area contributed by atoms with E-state index in [0.717, 1.165) is 28.8 Å². The molecule has 2 aromatic carbocycles. The van der Waals surface area contributed by atoms with Crippen LogP contribution in [0.4, 0.5) is 5.13 Å². The molecule has 0 aliphatic heterocycles. The first-order valence-electron chi connectivity index (χ1n) is 9.46. The van der Waals surface area contributed by atoms with E-state index in [4.69, 9.17) is 4.74 Å². The second-order valence-corrected chi connectivity index (χ2v) is 7.39. The van der Waals surface area contributed by atoms with Crippen LogP contribution in [0, 0.1) is 0 Å². The minimum Gasteiger partial charge on any atom is -0.496 e. The van der Waals surface area contributed by atoms with Crippen LogP contribution < -0.4 is 15.4 Å². The molecular weight excluding hydrogens is 398 g/mol. The lowest BCUT2D eigenvalue weighted by Crippen LogP contribution is -2.22. The number of thiazole rings is 1. The summed E-state index contributed by atoms with van der Waals surface area (Å²) < 4.78 is 5.28. The monoisotopic (exact) mass is 421 g/mol. The van der Waals surface area contributed by atoms with Crippen molar-refractivity contribution in [1.82, 2.24) is 10.3 Å². The van der Waals surface area contributed by atoms with Crippen LogP contribution in [0.25, 0.3) is 17.3 Å². The number of anilines is 1. The number of hydrogen-bond acceptors (Lipinski definition) is 5. The van der Waals surface area contributed by atoms with Gasteiger partial charge in [-0.05, 0) is 24.1 Å². The first-order chi connectivity index (χ1) is 14.5. The predicted octanol–water partition coefficient (Wildman–Crippen LogP) is 4.15. The number of ether oxygens (including phenoxy) is 1. The normalized spacial score (nSPS) is 10.7. The standard InChI is InChI=1S/C23H23N3O3S/c1-16(27)24-14-13-17-7-9-18(10-8-17)20-15-30-23(25-20)26-22(28)12-11-19-5-3-4-6-21(19)29-2/h3-12,15H,13-14H2,1-2H3,(H,24,27)(H,25,26,28). The van der Waals surface area contributed by atoms with E-state index in [-0.39, 0.29) is 11.8 Å². The predicted molar refractivity (Wildman–Crippen MR) is 121 cm³/mol. The van der Waals surface area contributed by atoms with E-state index in [1.807, 2.05) is 53.9 Å². The molecule has 0 unspecified atom stereocenters. The van der Waals surface area contributed by atoms with E-state index in [0.29, 0.717) is 17.4 Å². The van der Waals surface area contributed by atoms with Gasteiger partial charge in [-0.15, -0.1) is 11.3 Å². The van der Waals surface area contributed by atoms with Gasteiger partial charge in [-0.2, -0.15) is 0 Å². The fraction of sp³-hybridized carbons (Fsp3) is 0.174. The highest BCUT2D eigenvalue weighted by atomic mass is 32.1. The number of methoxy groups -OCH3 is 1. The van der Waals surface area contributed by atoms with Crippen molar-refractivity contribution in [3.05, 3.63) is 71.1 Å². The van der Waals surface area contributed by atoms with Gasteiger partial charge in [0, 0.05) is 36.1 Å². The Hall–Kier alpha value is -3.45. The van der Waals surface area contributed by atoms with Crippen LogP contribution in [0.15, 0.2) is 60.0 Å². The van der Waals surface area contributed by atoms with Gasteiger partial charge in [0.2, 0.25) is 11.8 Å². The highest BCUT2D eigenvalue weighted by Gasteiger charge is 2.07. The topological polar surface area (TPSA) is 80.3 Å². The molecule has 0 saturated heterocycles. The Labute approximate surface area is 179 Å². The molecule has 0 radical (unpaired) electrons. The lowest BCUT2D eigenvalue weighted by Gasteiger charge is -2.04. The van der Waals surface area contributed by atoms with Crippen molar-refractivity contribution in [1.29, 1.82) is 0 Å². The second-order valence-electron chi connectivity index (χ2n) is 6.53. The number of carbonyl (C=O) groups is 2. The van der Waals surface area contributed by atoms with E-state index in [1.54, 1.807) is 13.2 Å². The molecule has 30 heavy (non-hydrogen) atoms. The first-order valence-corrected chi connectivity index (χ1v) is 10.3. The summed E-state index contributed by atoms with van der Waals surface area (Å²) in [7, 11) is 1.60. The zero-order chi connectivity index (χ0) is 21.3. The Bertz CT molecular complexity index is 1040. The van der Waals surface area contributed by atoms with Crippen LogP contribution >= 0.6 is 11.3 Å². The van der Waals surface area contributed by atoms with E-state index in [9.17, 15) is 9.59 Å². The minimum absolute atomic E-state index is 0.0265. The summed E-state index contributed by atoms with van der Waals surface area (Å²) in [6, 6.07) is 15.5. The van der Waals surface area contributed by atoms with Crippen molar-refractivity contribution >= 4 is 34.4 Å². The van der Waals surface area contributed by atoms with Gasteiger partial charge >= 0.3 is 0 Å². The van der Waals surface area contributed by atoms with Gasteiger partial charge in [0.05, 0.1) is 12.8 Å². The highest BCUT2D eigenvalue weighted by molar-refractivity contribution is 7.14. The van der Waals surface area contributed by atoms with Gasteiger partial charge in [0.1, 0.15) is 5.75 Å². The second kappa shape index (κ2) is 10.4. The molecule has 154 valence electrons. The number of carbonyl (C=O) groups excluding carboxylic acids is 2. The summed E-state index contributed by atoms with van der Waals surface area (Å²) in [4.78, 5) is 27.7. The Kier molecular flexibility index (Phi) is 7.34.